The molecule has 1 amide bonds. The molecule has 13 heteroatoms. The van der Waals surface area contributed by atoms with Crippen molar-refractivity contribution in [3.8, 4) is 11.6 Å². The van der Waals surface area contributed by atoms with Gasteiger partial charge in [-0.3, -0.25) is 4.79 Å². The van der Waals surface area contributed by atoms with Crippen molar-refractivity contribution in [1.29, 1.82) is 0 Å². The van der Waals surface area contributed by atoms with E-state index in [2.05, 4.69) is 30.2 Å². The molecule has 6 rings (SSSR count). The number of aromatic nitrogens is 7. The fraction of sp³-hybridized carbons (Fsp3) is 0.238. The Morgan fingerprint density at radius 1 is 1.24 bits per heavy atom. The highest BCUT2D eigenvalue weighted by Crippen LogP contribution is 2.35. The van der Waals surface area contributed by atoms with Gasteiger partial charge >= 0.3 is 18.3 Å². The smallest absolute Gasteiger partial charge is 0.333 e. The number of imidazole rings is 1. The maximum absolute atomic E-state index is 13.4. The molecule has 0 unspecified atom stereocenters. The normalized spacial score (nSPS) is 15.9. The molecule has 0 aliphatic carbocycles. The number of carbonyl (C=O) groups excluding carboxylic acids is 1. The number of alkyl halides is 2. The molecule has 1 aromatic carbocycles. The lowest BCUT2D eigenvalue weighted by molar-refractivity contribution is 0.0566. The average Bonchev–Trinajstić information content (AvgIpc) is 3.62. The second-order valence-electron chi connectivity index (χ2n) is 7.81. The van der Waals surface area contributed by atoms with E-state index in [1.54, 1.807) is 6.33 Å². The summed E-state index contributed by atoms with van der Waals surface area (Å²) in [6, 6.07) is 6.21. The van der Waals surface area contributed by atoms with Gasteiger partial charge in [-0.05, 0) is 30.7 Å². The van der Waals surface area contributed by atoms with Crippen LogP contribution in [0.3, 0.4) is 0 Å². The lowest BCUT2D eigenvalue weighted by atomic mass is 10.0. The van der Waals surface area contributed by atoms with Crippen LogP contribution >= 0.6 is 0 Å². The molecule has 0 bridgehead atoms. The van der Waals surface area contributed by atoms with E-state index in [0.29, 0.717) is 40.3 Å². The quantitative estimate of drug-likeness (QED) is 0.427. The Morgan fingerprint density at radius 3 is 2.94 bits per heavy atom. The molecule has 1 N–H and O–H groups in total. The minimum absolute atomic E-state index is 0.0333. The van der Waals surface area contributed by atoms with Crippen molar-refractivity contribution in [1.82, 2.24) is 39.8 Å². The van der Waals surface area contributed by atoms with Gasteiger partial charge in [0.25, 0.3) is 5.89 Å². The lowest BCUT2D eigenvalue weighted by Crippen LogP contribution is -2.41. The minimum atomic E-state index is -2.81. The highest BCUT2D eigenvalue weighted by atomic mass is 19.3. The first-order valence-corrected chi connectivity index (χ1v) is 10.4. The van der Waals surface area contributed by atoms with Crippen LogP contribution in [0.25, 0.3) is 22.7 Å². The number of nitrogens with one attached hydrogen (secondary N) is 1. The van der Waals surface area contributed by atoms with Crippen molar-refractivity contribution >= 4 is 17.0 Å². The van der Waals surface area contributed by atoms with Gasteiger partial charge in [-0.25, -0.2) is 14.6 Å². The van der Waals surface area contributed by atoms with Crippen LogP contribution in [0.15, 0.2) is 45.6 Å². The van der Waals surface area contributed by atoms with Gasteiger partial charge in [0, 0.05) is 24.9 Å². The van der Waals surface area contributed by atoms with Crippen LogP contribution in [-0.2, 0) is 6.42 Å². The predicted octanol–water partition coefficient (Wildman–Crippen LogP) is 3.29. The minimum Gasteiger partial charge on any atom is -0.438 e. The van der Waals surface area contributed by atoms with Gasteiger partial charge in [0.05, 0.1) is 12.0 Å². The van der Waals surface area contributed by atoms with Crippen molar-refractivity contribution in [2.75, 3.05) is 6.54 Å². The lowest BCUT2D eigenvalue weighted by Gasteiger charge is -2.31. The Hall–Kier alpha value is -4.42. The summed E-state index contributed by atoms with van der Waals surface area (Å²) in [5, 5.41) is 11.3. The zero-order valence-electron chi connectivity index (χ0n) is 17.6. The van der Waals surface area contributed by atoms with Crippen LogP contribution in [0.5, 0.6) is 0 Å². The molecule has 0 saturated heterocycles. The number of hydrogen-bond acceptors (Lipinski definition) is 8. The number of carbonyl (C=O) groups is 1. The first-order valence-electron chi connectivity index (χ1n) is 10.4. The van der Waals surface area contributed by atoms with E-state index in [0.717, 1.165) is 17.5 Å². The van der Waals surface area contributed by atoms with E-state index in [1.807, 2.05) is 25.1 Å². The second kappa shape index (κ2) is 7.57. The van der Waals surface area contributed by atoms with Crippen LogP contribution in [-0.4, -0.2) is 52.3 Å². The van der Waals surface area contributed by atoms with Crippen molar-refractivity contribution in [2.24, 2.45) is 0 Å². The van der Waals surface area contributed by atoms with E-state index < -0.39 is 18.5 Å². The molecular formula is C21H16F2N8O3. The third-order valence-corrected chi connectivity index (χ3v) is 5.61. The van der Waals surface area contributed by atoms with Gasteiger partial charge in [0.2, 0.25) is 5.89 Å². The van der Waals surface area contributed by atoms with Crippen LogP contribution in [0.1, 0.15) is 46.1 Å². The topological polar surface area (TPSA) is 132 Å². The fourth-order valence-corrected chi connectivity index (χ4v) is 4.01. The van der Waals surface area contributed by atoms with Crippen molar-refractivity contribution in [3.05, 3.63) is 65.5 Å². The molecule has 34 heavy (non-hydrogen) atoms. The fourth-order valence-electron chi connectivity index (χ4n) is 4.01. The molecule has 5 aromatic rings. The number of benzene rings is 1. The third-order valence-electron chi connectivity index (χ3n) is 5.61. The molecule has 4 aromatic heterocycles. The number of fused-ring (bicyclic) bond motifs is 2. The van der Waals surface area contributed by atoms with Crippen LogP contribution < -0.4 is 0 Å². The molecule has 172 valence electrons. The zero-order chi connectivity index (χ0) is 23.4. The third kappa shape index (κ3) is 3.24. The Balaban J connectivity index is 1.37. The Labute approximate surface area is 189 Å². The number of aromatic amines is 1. The summed E-state index contributed by atoms with van der Waals surface area (Å²) < 4.78 is 37.6. The van der Waals surface area contributed by atoms with Gasteiger partial charge in [-0.1, -0.05) is 6.07 Å². The molecular weight excluding hydrogens is 450 g/mol. The summed E-state index contributed by atoms with van der Waals surface area (Å²) >= 11 is 0. The SMILES string of the molecule is Cc1ccc2oc([C@@H]3c4nc[nH]c4CCN3C(=O)c3nnc(-c4ccn(C(F)F)n4)o3)nc2c1. The molecule has 1 atom stereocenters. The average molecular weight is 466 g/mol. The predicted molar refractivity (Wildman–Crippen MR) is 111 cm³/mol. The van der Waals surface area contributed by atoms with E-state index in [9.17, 15) is 13.6 Å². The number of amides is 1. The molecule has 1 aliphatic heterocycles. The number of aryl methyl sites for hydroxylation is 1. The summed E-state index contributed by atoms with van der Waals surface area (Å²) in [6.45, 7) is -0.545. The molecule has 11 nitrogen and oxygen atoms in total. The maximum atomic E-state index is 13.4. The van der Waals surface area contributed by atoms with Gasteiger partial charge < -0.3 is 18.7 Å². The second-order valence-corrected chi connectivity index (χ2v) is 7.81. The summed E-state index contributed by atoms with van der Waals surface area (Å²) in [5.74, 6) is -0.715. The van der Waals surface area contributed by atoms with E-state index >= 15 is 0 Å². The Kier molecular flexibility index (Phi) is 4.50. The van der Waals surface area contributed by atoms with Gasteiger partial charge in [-0.15, -0.1) is 10.2 Å². The molecule has 0 radical (unpaired) electrons. The highest BCUT2D eigenvalue weighted by Gasteiger charge is 2.39. The number of nitrogens with zero attached hydrogens (tertiary/aromatic N) is 7. The largest absolute Gasteiger partial charge is 0.438 e. The summed E-state index contributed by atoms with van der Waals surface area (Å²) in [4.78, 5) is 27.0. The van der Waals surface area contributed by atoms with E-state index in [-0.39, 0.29) is 17.5 Å². The summed E-state index contributed by atoms with van der Waals surface area (Å²) in [6.07, 6.45) is 3.17. The molecule has 0 spiro atoms. The van der Waals surface area contributed by atoms with E-state index in [4.69, 9.17) is 8.83 Å². The Morgan fingerprint density at radius 2 is 2.12 bits per heavy atom. The number of hydrogen-bond donors (Lipinski definition) is 1. The van der Waals surface area contributed by atoms with Gasteiger partial charge in [-0.2, -0.15) is 13.9 Å². The van der Waals surface area contributed by atoms with Crippen molar-refractivity contribution < 1.29 is 22.4 Å². The molecule has 1 aliphatic rings. The summed E-state index contributed by atoms with van der Waals surface area (Å²) in [5.41, 5.74) is 3.79. The van der Waals surface area contributed by atoms with Crippen molar-refractivity contribution in [2.45, 2.75) is 25.9 Å². The molecule has 0 saturated carbocycles. The summed E-state index contributed by atoms with van der Waals surface area (Å²) in [7, 11) is 0. The van der Waals surface area contributed by atoms with Crippen LogP contribution in [0.2, 0.25) is 0 Å². The van der Waals surface area contributed by atoms with Gasteiger partial charge in [0.1, 0.15) is 11.2 Å². The number of halogens is 2. The first-order chi connectivity index (χ1) is 16.5. The van der Waals surface area contributed by atoms with Crippen LogP contribution in [0, 0.1) is 6.92 Å². The zero-order valence-corrected chi connectivity index (χ0v) is 17.6. The number of H-pyrrole nitrogens is 1. The number of oxazole rings is 1. The van der Waals surface area contributed by atoms with E-state index in [1.165, 1.54) is 11.0 Å². The maximum Gasteiger partial charge on any atom is 0.333 e. The Bertz CT molecular complexity index is 1520. The van der Waals surface area contributed by atoms with Crippen molar-refractivity contribution in [3.63, 3.8) is 0 Å². The molecule has 0 fully saturated rings. The van der Waals surface area contributed by atoms with Crippen LogP contribution in [0.4, 0.5) is 8.78 Å². The first kappa shape index (κ1) is 20.2. The molecule has 5 heterocycles. The monoisotopic (exact) mass is 466 g/mol. The standard InChI is InChI=1S/C21H16F2N8O3/c1-10-2-3-14-13(8-10)26-18(33-14)16-15-11(24-9-25-15)4-6-30(16)20(32)19-28-27-17(34-19)12-5-7-31(29-12)21(22)23/h2-3,5,7-9,16,21H,4,6H2,1H3,(H,24,25)/t16-/m0/s1. The van der Waals surface area contributed by atoms with Gasteiger partial charge in [0.15, 0.2) is 11.6 Å². The highest BCUT2D eigenvalue weighted by molar-refractivity contribution is 5.90. The number of rotatable bonds is 4.